The van der Waals surface area contributed by atoms with Crippen LogP contribution in [0.1, 0.15) is 35.7 Å². The van der Waals surface area contributed by atoms with E-state index in [-0.39, 0.29) is 5.91 Å². The molecule has 4 heteroatoms. The van der Waals surface area contributed by atoms with Crippen molar-refractivity contribution < 1.29 is 9.53 Å². The minimum atomic E-state index is -0.0628. The Morgan fingerprint density at radius 1 is 1.32 bits per heavy atom. The third kappa shape index (κ3) is 5.30. The van der Waals surface area contributed by atoms with Gasteiger partial charge in [0.25, 0.3) is 5.91 Å². The Bertz CT molecular complexity index is 405. The van der Waals surface area contributed by atoms with E-state index in [2.05, 4.69) is 17.6 Å². The van der Waals surface area contributed by atoms with Gasteiger partial charge in [0.15, 0.2) is 0 Å². The normalized spacial score (nSPS) is 10.3. The maximum absolute atomic E-state index is 12.1. The van der Waals surface area contributed by atoms with Crippen LogP contribution in [-0.4, -0.2) is 32.7 Å². The van der Waals surface area contributed by atoms with Gasteiger partial charge in [0.05, 0.1) is 12.2 Å². The fraction of sp³-hybridized carbons (Fsp3) is 0.533. The van der Waals surface area contributed by atoms with Gasteiger partial charge in [0.1, 0.15) is 0 Å². The summed E-state index contributed by atoms with van der Waals surface area (Å²) in [6.45, 7) is 5.97. The lowest BCUT2D eigenvalue weighted by Gasteiger charge is -2.11. The first-order valence-electron chi connectivity index (χ1n) is 6.83. The predicted molar refractivity (Wildman–Crippen MR) is 78.8 cm³/mol. The van der Waals surface area contributed by atoms with Crippen LogP contribution in [-0.2, 0) is 4.74 Å². The molecule has 0 unspecified atom stereocenters. The number of carbonyl (C=O) groups is 1. The van der Waals surface area contributed by atoms with Crippen LogP contribution in [0, 0.1) is 6.92 Å². The Kier molecular flexibility index (Phi) is 6.97. The van der Waals surface area contributed by atoms with E-state index in [4.69, 9.17) is 4.74 Å². The zero-order valence-corrected chi connectivity index (χ0v) is 12.1. The first-order valence-corrected chi connectivity index (χ1v) is 6.83. The Morgan fingerprint density at radius 3 is 2.79 bits per heavy atom. The van der Waals surface area contributed by atoms with Gasteiger partial charge in [0, 0.05) is 25.9 Å². The summed E-state index contributed by atoms with van der Waals surface area (Å²) in [7, 11) is 1.81. The maximum Gasteiger partial charge on any atom is 0.253 e. The van der Waals surface area contributed by atoms with Crippen LogP contribution in [0.2, 0.25) is 0 Å². The summed E-state index contributed by atoms with van der Waals surface area (Å²) in [5.41, 5.74) is 2.59. The molecule has 0 aliphatic carbocycles. The average Bonchev–Trinajstić information content (AvgIpc) is 2.42. The summed E-state index contributed by atoms with van der Waals surface area (Å²) in [6, 6.07) is 5.79. The smallest absolute Gasteiger partial charge is 0.253 e. The molecular weight excluding hydrogens is 240 g/mol. The Morgan fingerprint density at radius 2 is 2.11 bits per heavy atom. The fourth-order valence-electron chi connectivity index (χ4n) is 1.74. The molecule has 2 N–H and O–H groups in total. The molecule has 0 aliphatic heterocycles. The molecule has 0 bridgehead atoms. The Labute approximate surface area is 115 Å². The summed E-state index contributed by atoms with van der Waals surface area (Å²) in [4.78, 5) is 12.1. The SMILES string of the molecule is CCCCOCCNC(=O)c1cc(C)ccc1NC. The molecule has 0 heterocycles. The van der Waals surface area contributed by atoms with Crippen molar-refractivity contribution in [3.05, 3.63) is 29.3 Å². The number of unbranched alkanes of at least 4 members (excludes halogenated alkanes) is 1. The zero-order chi connectivity index (χ0) is 14.1. The van der Waals surface area contributed by atoms with Gasteiger partial charge in [-0.25, -0.2) is 0 Å². The number of hydrogen-bond donors (Lipinski definition) is 2. The van der Waals surface area contributed by atoms with Crippen molar-refractivity contribution in [3.63, 3.8) is 0 Å². The second-order valence-corrected chi connectivity index (χ2v) is 4.52. The Hall–Kier alpha value is -1.55. The lowest BCUT2D eigenvalue weighted by Crippen LogP contribution is -2.28. The molecule has 1 aromatic carbocycles. The van der Waals surface area contributed by atoms with Crippen molar-refractivity contribution in [2.24, 2.45) is 0 Å². The average molecular weight is 264 g/mol. The van der Waals surface area contributed by atoms with Crippen molar-refractivity contribution >= 4 is 11.6 Å². The van der Waals surface area contributed by atoms with E-state index in [1.165, 1.54) is 0 Å². The molecule has 0 atom stereocenters. The molecule has 0 aromatic heterocycles. The van der Waals surface area contributed by atoms with Gasteiger partial charge >= 0.3 is 0 Å². The van der Waals surface area contributed by atoms with Crippen molar-refractivity contribution in [1.29, 1.82) is 0 Å². The zero-order valence-electron chi connectivity index (χ0n) is 12.1. The molecule has 106 valence electrons. The number of anilines is 1. The van der Waals surface area contributed by atoms with E-state index in [0.29, 0.717) is 18.7 Å². The number of ether oxygens (including phenoxy) is 1. The second-order valence-electron chi connectivity index (χ2n) is 4.52. The standard InChI is InChI=1S/C15H24N2O2/c1-4-5-9-19-10-8-17-15(18)13-11-12(2)6-7-14(13)16-3/h6-7,11,16H,4-5,8-10H2,1-3H3,(H,17,18). The van der Waals surface area contributed by atoms with E-state index in [1.54, 1.807) is 0 Å². The number of rotatable bonds is 8. The maximum atomic E-state index is 12.1. The highest BCUT2D eigenvalue weighted by molar-refractivity contribution is 5.99. The van der Waals surface area contributed by atoms with Crippen LogP contribution in [0.5, 0.6) is 0 Å². The van der Waals surface area contributed by atoms with Crippen LogP contribution in [0.4, 0.5) is 5.69 Å². The molecular formula is C15H24N2O2. The van der Waals surface area contributed by atoms with Crippen molar-refractivity contribution in [3.8, 4) is 0 Å². The quantitative estimate of drug-likeness (QED) is 0.710. The van der Waals surface area contributed by atoms with E-state index >= 15 is 0 Å². The van der Waals surface area contributed by atoms with E-state index in [9.17, 15) is 4.79 Å². The number of aryl methyl sites for hydroxylation is 1. The highest BCUT2D eigenvalue weighted by Crippen LogP contribution is 2.16. The molecule has 0 spiro atoms. The van der Waals surface area contributed by atoms with E-state index < -0.39 is 0 Å². The van der Waals surface area contributed by atoms with Gasteiger partial charge in [-0.15, -0.1) is 0 Å². The minimum Gasteiger partial charge on any atom is -0.387 e. The molecule has 1 aromatic rings. The summed E-state index contributed by atoms with van der Waals surface area (Å²) in [5, 5.41) is 5.90. The Balaban J connectivity index is 2.43. The number of nitrogens with one attached hydrogen (secondary N) is 2. The molecule has 1 rings (SSSR count). The number of amides is 1. The third-order valence-electron chi connectivity index (χ3n) is 2.86. The summed E-state index contributed by atoms with van der Waals surface area (Å²) >= 11 is 0. The van der Waals surface area contributed by atoms with Gasteiger partial charge in [-0.3, -0.25) is 4.79 Å². The molecule has 0 saturated carbocycles. The lowest BCUT2D eigenvalue weighted by molar-refractivity contribution is 0.0913. The van der Waals surface area contributed by atoms with Crippen molar-refractivity contribution in [2.75, 3.05) is 32.1 Å². The summed E-state index contributed by atoms with van der Waals surface area (Å²) in [5.74, 6) is -0.0628. The highest BCUT2D eigenvalue weighted by atomic mass is 16.5. The van der Waals surface area contributed by atoms with Gasteiger partial charge < -0.3 is 15.4 Å². The van der Waals surface area contributed by atoms with Gasteiger partial charge in [-0.05, 0) is 25.5 Å². The summed E-state index contributed by atoms with van der Waals surface area (Å²) in [6.07, 6.45) is 2.19. The van der Waals surface area contributed by atoms with Crippen LogP contribution in [0.15, 0.2) is 18.2 Å². The third-order valence-corrected chi connectivity index (χ3v) is 2.86. The molecule has 4 nitrogen and oxygen atoms in total. The van der Waals surface area contributed by atoms with Crippen LogP contribution in [0.3, 0.4) is 0 Å². The number of hydrogen-bond acceptors (Lipinski definition) is 3. The van der Waals surface area contributed by atoms with E-state index in [0.717, 1.165) is 30.7 Å². The molecule has 0 aliphatic rings. The largest absolute Gasteiger partial charge is 0.387 e. The van der Waals surface area contributed by atoms with Gasteiger partial charge in [-0.2, -0.15) is 0 Å². The lowest BCUT2D eigenvalue weighted by atomic mass is 10.1. The van der Waals surface area contributed by atoms with Crippen LogP contribution < -0.4 is 10.6 Å². The van der Waals surface area contributed by atoms with Gasteiger partial charge in [-0.1, -0.05) is 25.0 Å². The molecule has 0 fully saturated rings. The van der Waals surface area contributed by atoms with E-state index in [1.807, 2.05) is 32.2 Å². The number of benzene rings is 1. The molecule has 0 radical (unpaired) electrons. The summed E-state index contributed by atoms with van der Waals surface area (Å²) < 4.78 is 5.41. The fourth-order valence-corrected chi connectivity index (χ4v) is 1.74. The topological polar surface area (TPSA) is 50.4 Å². The van der Waals surface area contributed by atoms with Crippen LogP contribution in [0.25, 0.3) is 0 Å². The van der Waals surface area contributed by atoms with Gasteiger partial charge in [0.2, 0.25) is 0 Å². The molecule has 19 heavy (non-hydrogen) atoms. The first kappa shape index (κ1) is 15.5. The van der Waals surface area contributed by atoms with Crippen molar-refractivity contribution in [2.45, 2.75) is 26.7 Å². The minimum absolute atomic E-state index is 0.0628. The molecule has 0 saturated heterocycles. The second kappa shape index (κ2) is 8.53. The highest BCUT2D eigenvalue weighted by Gasteiger charge is 2.10. The predicted octanol–water partition coefficient (Wildman–Crippen LogP) is 2.58. The number of carbonyl (C=O) groups excluding carboxylic acids is 1. The van der Waals surface area contributed by atoms with Crippen LogP contribution >= 0.6 is 0 Å². The van der Waals surface area contributed by atoms with Crippen molar-refractivity contribution in [1.82, 2.24) is 5.32 Å². The monoisotopic (exact) mass is 264 g/mol. The molecule has 1 amide bonds. The first-order chi connectivity index (χ1) is 9.19.